The highest BCUT2D eigenvalue weighted by molar-refractivity contribution is 5.98. The molecule has 2 amide bonds. The lowest BCUT2D eigenvalue weighted by Crippen LogP contribution is -2.37. The Bertz CT molecular complexity index is 779. The minimum absolute atomic E-state index is 0.0275. The average Bonchev–Trinajstić information content (AvgIpc) is 3.13. The minimum Gasteiger partial charge on any atom is -0.456 e. The molecule has 7 nitrogen and oxygen atoms in total. The smallest absolute Gasteiger partial charge is 0.290 e. The van der Waals surface area contributed by atoms with Crippen LogP contribution in [0, 0.1) is 6.92 Å². The van der Waals surface area contributed by atoms with Crippen LogP contribution in [-0.2, 0) is 9.53 Å². The minimum atomic E-state index is -0.289. The molecule has 1 fully saturated rings. The fraction of sp³-hybridized carbons (Fsp3) is 0.400. The van der Waals surface area contributed by atoms with E-state index >= 15 is 0 Å². The second-order valence-corrected chi connectivity index (χ2v) is 6.42. The maximum Gasteiger partial charge on any atom is 0.290 e. The molecule has 2 aromatic rings. The first-order valence-corrected chi connectivity index (χ1v) is 9.15. The summed E-state index contributed by atoms with van der Waals surface area (Å²) in [5.41, 5.74) is 1.81. The molecular weight excluding hydrogens is 346 g/mol. The van der Waals surface area contributed by atoms with Gasteiger partial charge >= 0.3 is 0 Å². The third-order valence-corrected chi connectivity index (χ3v) is 4.48. The number of carbonyl (C=O) groups is 2. The van der Waals surface area contributed by atoms with Crippen molar-refractivity contribution >= 4 is 23.2 Å². The molecule has 1 aliphatic rings. The van der Waals surface area contributed by atoms with Gasteiger partial charge in [-0.25, -0.2) is 0 Å². The maximum absolute atomic E-state index is 12.4. The Labute approximate surface area is 158 Å². The lowest BCUT2D eigenvalue weighted by atomic mass is 10.2. The van der Waals surface area contributed by atoms with Crippen molar-refractivity contribution in [2.75, 3.05) is 49.6 Å². The Hall–Kier alpha value is -2.80. The Morgan fingerprint density at radius 2 is 1.81 bits per heavy atom. The molecule has 1 aromatic carbocycles. The van der Waals surface area contributed by atoms with E-state index in [0.717, 1.165) is 32.0 Å². The zero-order chi connectivity index (χ0) is 19.2. The van der Waals surface area contributed by atoms with E-state index in [9.17, 15) is 9.59 Å². The van der Waals surface area contributed by atoms with Gasteiger partial charge in [-0.05, 0) is 50.2 Å². The van der Waals surface area contributed by atoms with Gasteiger partial charge in [-0.2, -0.15) is 0 Å². The van der Waals surface area contributed by atoms with Gasteiger partial charge in [0.1, 0.15) is 12.3 Å². The van der Waals surface area contributed by atoms with Crippen LogP contribution in [0.25, 0.3) is 0 Å². The van der Waals surface area contributed by atoms with E-state index in [-0.39, 0.29) is 24.1 Å². The number of furan rings is 1. The van der Waals surface area contributed by atoms with Crippen molar-refractivity contribution in [3.8, 4) is 0 Å². The normalized spacial score (nSPS) is 14.1. The maximum atomic E-state index is 12.4. The molecule has 0 unspecified atom stereocenters. The van der Waals surface area contributed by atoms with E-state index in [2.05, 4.69) is 10.2 Å². The van der Waals surface area contributed by atoms with Crippen LogP contribution in [-0.4, -0.2) is 56.1 Å². The van der Waals surface area contributed by atoms with Crippen molar-refractivity contribution in [2.24, 2.45) is 0 Å². The lowest BCUT2D eigenvalue weighted by molar-refractivity contribution is -0.116. The first kappa shape index (κ1) is 19.0. The van der Waals surface area contributed by atoms with Crippen molar-refractivity contribution in [1.82, 2.24) is 4.90 Å². The molecule has 2 heterocycles. The third-order valence-electron chi connectivity index (χ3n) is 4.48. The van der Waals surface area contributed by atoms with Gasteiger partial charge in [-0.15, -0.1) is 0 Å². The number of rotatable bonds is 6. The van der Waals surface area contributed by atoms with Crippen molar-refractivity contribution in [1.29, 1.82) is 0 Å². The van der Waals surface area contributed by atoms with Gasteiger partial charge in [0, 0.05) is 31.0 Å². The van der Waals surface area contributed by atoms with E-state index in [1.807, 2.05) is 31.2 Å². The molecule has 144 valence electrons. The first-order valence-electron chi connectivity index (χ1n) is 9.15. The highest BCUT2D eigenvalue weighted by atomic mass is 16.5. The van der Waals surface area contributed by atoms with Crippen molar-refractivity contribution in [3.05, 3.63) is 47.9 Å². The van der Waals surface area contributed by atoms with Crippen LogP contribution in [0.15, 0.2) is 40.8 Å². The molecule has 0 bridgehead atoms. The third kappa shape index (κ3) is 4.89. The summed E-state index contributed by atoms with van der Waals surface area (Å²) in [6, 6.07) is 11.1. The number of nitrogens with one attached hydrogen (secondary N) is 1. The lowest BCUT2D eigenvalue weighted by Gasteiger charge is -2.29. The summed E-state index contributed by atoms with van der Waals surface area (Å²) in [5, 5.41) is 2.84. The number of amides is 2. The van der Waals surface area contributed by atoms with Gasteiger partial charge in [-0.1, -0.05) is 0 Å². The van der Waals surface area contributed by atoms with Crippen LogP contribution in [0.3, 0.4) is 0 Å². The summed E-state index contributed by atoms with van der Waals surface area (Å²) in [5.74, 6) is 0.382. The molecule has 3 rings (SSSR count). The number of carbonyl (C=O) groups excluding carboxylic acids is 2. The summed E-state index contributed by atoms with van der Waals surface area (Å²) in [4.78, 5) is 28.5. The second kappa shape index (κ2) is 8.73. The molecule has 0 aliphatic carbocycles. The quantitative estimate of drug-likeness (QED) is 0.845. The highest BCUT2D eigenvalue weighted by Crippen LogP contribution is 2.19. The molecule has 1 aliphatic heterocycles. The molecule has 0 saturated carbocycles. The standard InChI is InChI=1S/C20H25N3O4/c1-3-22(20(25)18-9-4-15(2)27-18)14-19(24)21-16-5-7-17(8-6-16)23-10-12-26-13-11-23/h4-9H,3,10-14H2,1-2H3,(H,21,24). The van der Waals surface area contributed by atoms with Crippen molar-refractivity contribution in [3.63, 3.8) is 0 Å². The van der Waals surface area contributed by atoms with Gasteiger partial charge in [0.2, 0.25) is 5.91 Å². The fourth-order valence-electron chi connectivity index (χ4n) is 2.98. The van der Waals surface area contributed by atoms with Gasteiger partial charge in [0.15, 0.2) is 5.76 Å². The van der Waals surface area contributed by atoms with E-state index < -0.39 is 0 Å². The number of anilines is 2. The number of morpholine rings is 1. The van der Waals surface area contributed by atoms with E-state index in [0.29, 0.717) is 18.0 Å². The topological polar surface area (TPSA) is 75.0 Å². The Morgan fingerprint density at radius 3 is 2.41 bits per heavy atom. The molecule has 1 aromatic heterocycles. The van der Waals surface area contributed by atoms with Crippen LogP contribution in [0.2, 0.25) is 0 Å². The number of benzene rings is 1. The van der Waals surface area contributed by atoms with Gasteiger partial charge in [-0.3, -0.25) is 9.59 Å². The van der Waals surface area contributed by atoms with E-state index in [1.165, 1.54) is 4.90 Å². The van der Waals surface area contributed by atoms with Crippen molar-refractivity contribution < 1.29 is 18.7 Å². The largest absolute Gasteiger partial charge is 0.456 e. The monoisotopic (exact) mass is 371 g/mol. The number of ether oxygens (including phenoxy) is 1. The summed E-state index contributed by atoms with van der Waals surface area (Å²) in [6.45, 7) is 7.20. The van der Waals surface area contributed by atoms with Gasteiger partial charge in [0.25, 0.3) is 5.91 Å². The van der Waals surface area contributed by atoms with Gasteiger partial charge < -0.3 is 24.3 Å². The molecule has 7 heteroatoms. The van der Waals surface area contributed by atoms with E-state index in [1.54, 1.807) is 19.1 Å². The molecule has 1 N–H and O–H groups in total. The van der Waals surface area contributed by atoms with Crippen LogP contribution < -0.4 is 10.2 Å². The predicted octanol–water partition coefficient (Wildman–Crippen LogP) is 2.53. The summed E-state index contributed by atoms with van der Waals surface area (Å²) in [7, 11) is 0. The molecule has 1 saturated heterocycles. The van der Waals surface area contributed by atoms with Crippen LogP contribution in [0.1, 0.15) is 23.2 Å². The number of aryl methyl sites for hydroxylation is 1. The number of nitrogens with zero attached hydrogens (tertiary/aromatic N) is 2. The van der Waals surface area contributed by atoms with Gasteiger partial charge in [0.05, 0.1) is 13.2 Å². The molecular formula is C20H25N3O4. The highest BCUT2D eigenvalue weighted by Gasteiger charge is 2.20. The Balaban J connectivity index is 1.56. The zero-order valence-corrected chi connectivity index (χ0v) is 15.7. The van der Waals surface area contributed by atoms with E-state index in [4.69, 9.17) is 9.15 Å². The number of hydrogen-bond acceptors (Lipinski definition) is 5. The van der Waals surface area contributed by atoms with Crippen LogP contribution in [0.4, 0.5) is 11.4 Å². The predicted molar refractivity (Wildman–Crippen MR) is 103 cm³/mol. The average molecular weight is 371 g/mol. The Morgan fingerprint density at radius 1 is 1.11 bits per heavy atom. The molecule has 0 radical (unpaired) electrons. The number of likely N-dealkylation sites (N-methyl/N-ethyl adjacent to an activating group) is 1. The molecule has 0 spiro atoms. The summed E-state index contributed by atoms with van der Waals surface area (Å²) < 4.78 is 10.7. The zero-order valence-electron chi connectivity index (χ0n) is 15.7. The SMILES string of the molecule is CCN(CC(=O)Nc1ccc(N2CCOCC2)cc1)C(=O)c1ccc(C)o1. The summed E-state index contributed by atoms with van der Waals surface area (Å²) in [6.07, 6.45) is 0. The number of hydrogen-bond donors (Lipinski definition) is 1. The van der Waals surface area contributed by atoms with Crippen LogP contribution >= 0.6 is 0 Å². The molecule has 27 heavy (non-hydrogen) atoms. The van der Waals surface area contributed by atoms with Crippen molar-refractivity contribution in [2.45, 2.75) is 13.8 Å². The first-order chi connectivity index (χ1) is 13.1. The second-order valence-electron chi connectivity index (χ2n) is 6.42. The molecule has 0 atom stereocenters. The van der Waals surface area contributed by atoms with Crippen LogP contribution in [0.5, 0.6) is 0 Å². The Kier molecular flexibility index (Phi) is 6.13. The fourth-order valence-corrected chi connectivity index (χ4v) is 2.98. The summed E-state index contributed by atoms with van der Waals surface area (Å²) >= 11 is 0.